The normalized spacial score (nSPS) is 12.0. The Hall–Kier alpha value is -0.310. The second-order valence-corrected chi connectivity index (χ2v) is 5.35. The Morgan fingerprint density at radius 2 is 1.94 bits per heavy atom. The highest BCUT2D eigenvalue weighted by Gasteiger charge is 2.27. The molecule has 1 heterocycles. The first-order chi connectivity index (χ1) is 7.65. The lowest BCUT2D eigenvalue weighted by atomic mass is 9.81. The minimum absolute atomic E-state index is 0.377. The lowest BCUT2D eigenvalue weighted by molar-refractivity contribution is 0.223. The molecule has 0 fully saturated rings. The molecule has 3 heteroatoms. The van der Waals surface area contributed by atoms with E-state index in [-0.39, 0.29) is 0 Å². The van der Waals surface area contributed by atoms with Gasteiger partial charge in [0.1, 0.15) is 0 Å². The minimum Gasteiger partial charge on any atom is -0.272 e. The van der Waals surface area contributed by atoms with Gasteiger partial charge in [-0.05, 0) is 31.2 Å². The molecule has 0 aliphatic carbocycles. The lowest BCUT2D eigenvalue weighted by Gasteiger charge is -2.31. The Morgan fingerprint density at radius 1 is 1.31 bits per heavy atom. The van der Waals surface area contributed by atoms with E-state index in [2.05, 4.69) is 51.8 Å². The molecule has 0 radical (unpaired) electrons. The van der Waals surface area contributed by atoms with Crippen LogP contribution in [0.2, 0.25) is 0 Å². The summed E-state index contributed by atoms with van der Waals surface area (Å²) in [6.07, 6.45) is 7.12. The molecule has 0 aliphatic heterocycles. The van der Waals surface area contributed by atoms with Crippen molar-refractivity contribution in [2.24, 2.45) is 5.41 Å². The van der Waals surface area contributed by atoms with Gasteiger partial charge in [0.05, 0.1) is 5.69 Å². The van der Waals surface area contributed by atoms with Crippen LogP contribution in [-0.2, 0) is 6.54 Å². The number of aryl methyl sites for hydroxylation is 1. The molecule has 0 aliphatic rings. The predicted octanol–water partition coefficient (Wildman–Crippen LogP) is 4.17. The Morgan fingerprint density at radius 3 is 2.31 bits per heavy atom. The van der Waals surface area contributed by atoms with E-state index in [0.717, 1.165) is 17.6 Å². The van der Waals surface area contributed by atoms with Crippen LogP contribution in [0.1, 0.15) is 45.2 Å². The van der Waals surface area contributed by atoms with Gasteiger partial charge in [-0.3, -0.25) is 4.68 Å². The van der Waals surface area contributed by atoms with Crippen LogP contribution >= 0.6 is 15.9 Å². The van der Waals surface area contributed by atoms with E-state index in [9.17, 15) is 0 Å². The molecule has 0 saturated carbocycles. The molecule has 0 amide bonds. The third-order valence-corrected chi connectivity index (χ3v) is 4.31. The van der Waals surface area contributed by atoms with Crippen molar-refractivity contribution in [1.29, 1.82) is 0 Å². The van der Waals surface area contributed by atoms with Crippen molar-refractivity contribution >= 4 is 15.9 Å². The van der Waals surface area contributed by atoms with E-state index in [4.69, 9.17) is 0 Å². The number of aromatic nitrogens is 2. The van der Waals surface area contributed by atoms with Crippen LogP contribution < -0.4 is 0 Å². The Labute approximate surface area is 108 Å². The molecule has 0 atom stereocenters. The molecular formula is C13H23BrN2. The maximum Gasteiger partial charge on any atom is 0.0593 e. The van der Waals surface area contributed by atoms with Crippen LogP contribution in [0.5, 0.6) is 0 Å². The van der Waals surface area contributed by atoms with E-state index in [1.54, 1.807) is 0 Å². The summed E-state index contributed by atoms with van der Waals surface area (Å²) in [5.41, 5.74) is 1.48. The zero-order chi connectivity index (χ0) is 12.0. The third-order valence-electron chi connectivity index (χ3n) is 3.12. The summed E-state index contributed by atoms with van der Waals surface area (Å²) in [7, 11) is 0. The molecule has 0 aromatic carbocycles. The molecule has 0 unspecified atom stereocenters. The van der Waals surface area contributed by atoms with Gasteiger partial charge in [-0.25, -0.2) is 0 Å². The molecule has 0 spiro atoms. The van der Waals surface area contributed by atoms with Gasteiger partial charge in [0.25, 0.3) is 0 Å². The predicted molar refractivity (Wildman–Crippen MR) is 73.0 cm³/mol. The van der Waals surface area contributed by atoms with Crippen molar-refractivity contribution in [2.75, 3.05) is 5.33 Å². The first-order valence-electron chi connectivity index (χ1n) is 6.22. The monoisotopic (exact) mass is 286 g/mol. The number of nitrogens with zero attached hydrogens (tertiary/aromatic N) is 2. The van der Waals surface area contributed by atoms with E-state index in [0.29, 0.717) is 5.41 Å². The average molecular weight is 287 g/mol. The zero-order valence-corrected chi connectivity index (χ0v) is 12.3. The number of hydrogen-bond donors (Lipinski definition) is 0. The van der Waals surface area contributed by atoms with Crippen LogP contribution in [0.25, 0.3) is 0 Å². The van der Waals surface area contributed by atoms with Gasteiger partial charge in [0.2, 0.25) is 0 Å². The Kier molecular flexibility index (Phi) is 5.53. The fourth-order valence-electron chi connectivity index (χ4n) is 2.41. The molecule has 1 rings (SSSR count). The Balaban J connectivity index is 2.75. The van der Waals surface area contributed by atoms with Crippen molar-refractivity contribution in [3.05, 3.63) is 18.0 Å². The van der Waals surface area contributed by atoms with Gasteiger partial charge in [0, 0.05) is 18.1 Å². The van der Waals surface area contributed by atoms with Crippen LogP contribution in [0.4, 0.5) is 0 Å². The fraction of sp³-hybridized carbons (Fsp3) is 0.769. The zero-order valence-electron chi connectivity index (χ0n) is 10.7. The van der Waals surface area contributed by atoms with E-state index >= 15 is 0 Å². The maximum atomic E-state index is 4.50. The van der Waals surface area contributed by atoms with Crippen molar-refractivity contribution in [1.82, 2.24) is 9.78 Å². The summed E-state index contributed by atoms with van der Waals surface area (Å²) in [5, 5.41) is 5.57. The number of hydrogen-bond acceptors (Lipinski definition) is 1. The molecule has 0 bridgehead atoms. The van der Waals surface area contributed by atoms with Gasteiger partial charge in [-0.2, -0.15) is 5.10 Å². The number of halogens is 1. The van der Waals surface area contributed by atoms with Crippen molar-refractivity contribution in [3.63, 3.8) is 0 Å². The lowest BCUT2D eigenvalue weighted by Crippen LogP contribution is -2.29. The average Bonchev–Trinajstić information content (AvgIpc) is 2.64. The van der Waals surface area contributed by atoms with E-state index < -0.39 is 0 Å². The van der Waals surface area contributed by atoms with Crippen molar-refractivity contribution in [2.45, 2.75) is 53.0 Å². The quantitative estimate of drug-likeness (QED) is 0.688. The second-order valence-electron chi connectivity index (χ2n) is 4.79. The Bertz CT molecular complexity index is 301. The third kappa shape index (κ3) is 3.62. The summed E-state index contributed by atoms with van der Waals surface area (Å²) >= 11 is 3.70. The van der Waals surface area contributed by atoms with E-state index in [1.807, 2.05) is 6.92 Å². The topological polar surface area (TPSA) is 17.8 Å². The minimum atomic E-state index is 0.377. The smallest absolute Gasteiger partial charge is 0.0593 e. The molecule has 0 saturated heterocycles. The highest BCUT2D eigenvalue weighted by molar-refractivity contribution is 9.09. The second kappa shape index (κ2) is 6.43. The summed E-state index contributed by atoms with van der Waals surface area (Å²) in [6.45, 7) is 7.61. The summed E-state index contributed by atoms with van der Waals surface area (Å²) in [5.74, 6) is 0. The summed E-state index contributed by atoms with van der Waals surface area (Å²) < 4.78 is 2.10. The first-order valence-corrected chi connectivity index (χ1v) is 7.34. The van der Waals surface area contributed by atoms with Gasteiger partial charge in [-0.15, -0.1) is 0 Å². The number of rotatable bonds is 7. The van der Waals surface area contributed by atoms with Gasteiger partial charge in [0.15, 0.2) is 0 Å². The van der Waals surface area contributed by atoms with Crippen LogP contribution in [0, 0.1) is 12.3 Å². The molecule has 92 valence electrons. The molecule has 2 nitrogen and oxygen atoms in total. The largest absolute Gasteiger partial charge is 0.272 e. The summed E-state index contributed by atoms with van der Waals surface area (Å²) in [4.78, 5) is 0. The molecule has 16 heavy (non-hydrogen) atoms. The van der Waals surface area contributed by atoms with Crippen LogP contribution in [0.3, 0.4) is 0 Å². The highest BCUT2D eigenvalue weighted by atomic mass is 79.9. The highest BCUT2D eigenvalue weighted by Crippen LogP contribution is 2.33. The number of alkyl halides is 1. The SMILES string of the molecule is CCCC(CBr)(CCC)Cn1ccc(C)n1. The van der Waals surface area contributed by atoms with Crippen molar-refractivity contribution in [3.8, 4) is 0 Å². The van der Waals surface area contributed by atoms with Gasteiger partial charge >= 0.3 is 0 Å². The molecule has 1 aromatic heterocycles. The standard InChI is InChI=1S/C13H23BrN2/c1-4-7-13(10-14,8-5-2)11-16-9-6-12(3)15-16/h6,9H,4-5,7-8,10-11H2,1-3H3. The van der Waals surface area contributed by atoms with Gasteiger partial charge in [-0.1, -0.05) is 42.6 Å². The fourth-order valence-corrected chi connectivity index (χ4v) is 3.15. The molecular weight excluding hydrogens is 264 g/mol. The summed E-state index contributed by atoms with van der Waals surface area (Å²) in [6, 6.07) is 2.08. The first kappa shape index (κ1) is 13.8. The van der Waals surface area contributed by atoms with Gasteiger partial charge < -0.3 is 0 Å². The molecule has 0 N–H and O–H groups in total. The van der Waals surface area contributed by atoms with Crippen LogP contribution in [-0.4, -0.2) is 15.1 Å². The van der Waals surface area contributed by atoms with Crippen molar-refractivity contribution < 1.29 is 0 Å². The van der Waals surface area contributed by atoms with E-state index in [1.165, 1.54) is 25.7 Å². The maximum absolute atomic E-state index is 4.50. The molecule has 1 aromatic rings. The van der Waals surface area contributed by atoms with Crippen LogP contribution in [0.15, 0.2) is 12.3 Å².